The summed E-state index contributed by atoms with van der Waals surface area (Å²) in [7, 11) is 0. The number of aliphatic hydroxyl groups is 6. The molecule has 5 heterocycles. The van der Waals surface area contributed by atoms with Crippen LogP contribution in [0.15, 0.2) is 0 Å². The van der Waals surface area contributed by atoms with Crippen LogP contribution in [-0.4, -0.2) is 257 Å². The van der Waals surface area contributed by atoms with Gasteiger partial charge in [0.25, 0.3) is 5.79 Å². The molecule has 0 aromatic rings. The molecule has 5 rings (SSSR count). The van der Waals surface area contributed by atoms with Gasteiger partial charge in [0.05, 0.1) is 31.5 Å². The lowest BCUT2D eigenvalue weighted by molar-refractivity contribution is -0.332. The zero-order valence-corrected chi connectivity index (χ0v) is 43.4. The predicted octanol–water partition coefficient (Wildman–Crippen LogP) is -7.41. The number of ether oxygens (including phenoxy) is 4. The van der Waals surface area contributed by atoms with Crippen LogP contribution in [0, 0.1) is 0 Å². The van der Waals surface area contributed by atoms with Gasteiger partial charge in [0, 0.05) is 46.8 Å². The third kappa shape index (κ3) is 14.9. The number of hydrogen-bond donors (Lipinski definition) is 14. The molecule has 0 spiro atoms. The second-order valence-corrected chi connectivity index (χ2v) is 20.0. The van der Waals surface area contributed by atoms with Crippen molar-refractivity contribution in [1.29, 1.82) is 0 Å². The van der Waals surface area contributed by atoms with E-state index in [0.717, 1.165) is 23.6 Å². The third-order valence-corrected chi connectivity index (χ3v) is 14.1. The van der Waals surface area contributed by atoms with Gasteiger partial charge in [-0.15, -0.1) is 0 Å². The van der Waals surface area contributed by atoms with Crippen molar-refractivity contribution in [2.24, 2.45) is 0 Å². The standard InChI is InChI=1S/C46H73N9O22/c1-19(47-40(67)26-11-9-15-55(26)52-24(6)59)38(65)51-31(42(69)53-13-7-10-25(53)39(66)48-20(2)41(68)54-14-8-12-27(54)43(70)71)21(3)75-44-33(50-23(5)58)36(64)35(63)30(76-44)18-74-46(45(72)73)16-28(60)32(49-22(4)57)37(77-46)34(62)29(61)17-56/h19-21,25-37,44,56,60-64H,7-18H2,1-6H3,(H,47,67)(H,48,66)(H,49,57)(H,50,58)(H,51,65)(H,52,59)(H,70,71)(H,72,73)/t19-,20-,21+,25-,26-,27-,28-,29+,30+,31-,32+,33+,34-,35-,36+,37+,44-,46+/m0/s1. The predicted molar refractivity (Wildman–Crippen MR) is 255 cm³/mol. The van der Waals surface area contributed by atoms with Gasteiger partial charge in [-0.05, 0) is 59.3 Å². The lowest BCUT2D eigenvalue weighted by atomic mass is 9.88. The second kappa shape index (κ2) is 26.7. The zero-order valence-electron chi connectivity index (χ0n) is 43.4. The van der Waals surface area contributed by atoms with E-state index in [2.05, 4.69) is 32.0 Å². The van der Waals surface area contributed by atoms with Crippen LogP contribution in [-0.2, 0) is 66.9 Å². The molecule has 5 saturated heterocycles. The molecule has 0 aliphatic carbocycles. The molecular weight excluding hydrogens is 1030 g/mol. The van der Waals surface area contributed by atoms with E-state index in [1.165, 1.54) is 32.7 Å². The number of carbonyl (C=O) groups excluding carboxylic acids is 8. The molecule has 77 heavy (non-hydrogen) atoms. The Bertz CT molecular complexity index is 2200. The number of aliphatic hydroxyl groups excluding tert-OH is 6. The first kappa shape index (κ1) is 62.1. The van der Waals surface area contributed by atoms with Gasteiger partial charge >= 0.3 is 11.9 Å². The summed E-state index contributed by atoms with van der Waals surface area (Å²) in [5.74, 6) is -12.1. The highest BCUT2D eigenvalue weighted by atomic mass is 16.7. The highest BCUT2D eigenvalue weighted by Gasteiger charge is 2.57. The number of aliphatic carboxylic acids is 2. The van der Waals surface area contributed by atoms with Crippen LogP contribution in [0.25, 0.3) is 0 Å². The Morgan fingerprint density at radius 1 is 0.701 bits per heavy atom. The van der Waals surface area contributed by atoms with Gasteiger partial charge in [0.2, 0.25) is 47.3 Å². The topological polar surface area (TPSA) is 451 Å². The molecule has 5 fully saturated rings. The van der Waals surface area contributed by atoms with Crippen molar-refractivity contribution < 1.29 is 108 Å². The number of hydrogen-bond acceptors (Lipinski definition) is 21. The monoisotopic (exact) mass is 1100 g/mol. The van der Waals surface area contributed by atoms with Crippen LogP contribution in [0.4, 0.5) is 0 Å². The van der Waals surface area contributed by atoms with Crippen LogP contribution < -0.4 is 32.0 Å². The molecular formula is C46H73N9O22. The van der Waals surface area contributed by atoms with E-state index in [-0.39, 0.29) is 32.4 Å². The quantitative estimate of drug-likeness (QED) is 0.0479. The van der Waals surface area contributed by atoms with Crippen molar-refractivity contribution >= 4 is 59.2 Å². The summed E-state index contributed by atoms with van der Waals surface area (Å²) in [6.07, 6.45) is -16.6. The second-order valence-electron chi connectivity index (χ2n) is 20.0. The number of carboxylic acids is 2. The summed E-state index contributed by atoms with van der Waals surface area (Å²) in [6, 6.07) is -10.9. The fraction of sp³-hybridized carbons (Fsp3) is 0.783. The van der Waals surface area contributed by atoms with E-state index in [0.29, 0.717) is 25.8 Å². The SMILES string of the molecule is CC(=O)N[C@H]1[C@@H](O[C@H](C)[C@H](NC(=O)[C@H](C)NC(=O)[C@@H]2CCCN2NC(C)=O)C(=O)N2CCC[C@H]2C(=O)N[C@@H](C)C(=O)N2CCC[C@H]2C(=O)O)O[C@H](CO[C@]2(C(=O)O)C[C@H](O)[C@@H](NC(C)=O)[C@H]([C@@H](O)[C@H](O)CO)O2)[C@H](O)[C@@H]1O. The Kier molecular flexibility index (Phi) is 21.6. The van der Waals surface area contributed by atoms with Crippen molar-refractivity contribution in [3.05, 3.63) is 0 Å². The van der Waals surface area contributed by atoms with Crippen molar-refractivity contribution in [3.63, 3.8) is 0 Å². The molecule has 5 aliphatic heterocycles. The average Bonchev–Trinajstić information content (AvgIpc) is 4.17. The first-order valence-corrected chi connectivity index (χ1v) is 25.3. The van der Waals surface area contributed by atoms with Crippen molar-refractivity contribution in [1.82, 2.24) is 46.8 Å². The molecule has 0 bridgehead atoms. The van der Waals surface area contributed by atoms with Crippen LogP contribution in [0.5, 0.6) is 0 Å². The molecule has 31 heteroatoms. The number of carbonyl (C=O) groups is 10. The molecule has 31 nitrogen and oxygen atoms in total. The minimum atomic E-state index is -2.95. The normalized spacial score (nSPS) is 31.9. The maximum absolute atomic E-state index is 14.9. The lowest BCUT2D eigenvalue weighted by Crippen LogP contribution is -2.69. The van der Waals surface area contributed by atoms with E-state index >= 15 is 0 Å². The average molecular weight is 1100 g/mol. The highest BCUT2D eigenvalue weighted by molar-refractivity contribution is 5.97. The summed E-state index contributed by atoms with van der Waals surface area (Å²) >= 11 is 0. The minimum absolute atomic E-state index is 0.0603. The minimum Gasteiger partial charge on any atom is -0.480 e. The van der Waals surface area contributed by atoms with Crippen LogP contribution in [0.3, 0.4) is 0 Å². The fourth-order valence-electron chi connectivity index (χ4n) is 10.2. The summed E-state index contributed by atoms with van der Waals surface area (Å²) in [5.41, 5.74) is 2.56. The molecule has 14 N–H and O–H groups in total. The van der Waals surface area contributed by atoms with Gasteiger partial charge < -0.3 is 96.2 Å². The maximum atomic E-state index is 14.9. The van der Waals surface area contributed by atoms with Gasteiger partial charge in [-0.2, -0.15) is 0 Å². The molecule has 0 unspecified atom stereocenters. The molecule has 0 aromatic carbocycles. The molecule has 18 atom stereocenters. The smallest absolute Gasteiger partial charge is 0.364 e. The number of nitrogens with one attached hydrogen (secondary N) is 6. The van der Waals surface area contributed by atoms with E-state index in [1.807, 2.05) is 0 Å². The van der Waals surface area contributed by atoms with Crippen LogP contribution >= 0.6 is 0 Å². The van der Waals surface area contributed by atoms with E-state index in [1.54, 1.807) is 0 Å². The fourth-order valence-corrected chi connectivity index (χ4v) is 10.2. The van der Waals surface area contributed by atoms with Crippen LogP contribution in [0.1, 0.15) is 86.5 Å². The summed E-state index contributed by atoms with van der Waals surface area (Å²) in [5, 5.41) is 98.5. The Labute approximate surface area is 441 Å². The first-order valence-electron chi connectivity index (χ1n) is 25.3. The molecule has 8 amide bonds. The largest absolute Gasteiger partial charge is 0.480 e. The number of likely N-dealkylation sites (tertiary alicyclic amines) is 2. The number of rotatable bonds is 22. The van der Waals surface area contributed by atoms with Crippen LogP contribution in [0.2, 0.25) is 0 Å². The third-order valence-electron chi connectivity index (χ3n) is 14.1. The summed E-state index contributed by atoms with van der Waals surface area (Å²) in [4.78, 5) is 133. The number of nitrogens with zero attached hydrogens (tertiary/aromatic N) is 3. The molecule has 0 aromatic heterocycles. The zero-order chi connectivity index (χ0) is 57.4. The van der Waals surface area contributed by atoms with Gasteiger partial charge in [-0.3, -0.25) is 43.8 Å². The number of carboxylic acid groups (broad SMARTS) is 2. The molecule has 0 radical (unpaired) electrons. The van der Waals surface area contributed by atoms with Crippen molar-refractivity contribution in [2.45, 2.75) is 196 Å². The van der Waals surface area contributed by atoms with Gasteiger partial charge in [0.1, 0.15) is 78.9 Å². The van der Waals surface area contributed by atoms with Crippen molar-refractivity contribution in [3.8, 4) is 0 Å². The Hall–Kier alpha value is -5.74. The Morgan fingerprint density at radius 2 is 1.26 bits per heavy atom. The summed E-state index contributed by atoms with van der Waals surface area (Å²) in [6.45, 7) is 5.51. The molecule has 5 aliphatic rings. The van der Waals surface area contributed by atoms with Gasteiger partial charge in [0.15, 0.2) is 6.29 Å². The first-order chi connectivity index (χ1) is 36.1. The molecule has 434 valence electrons. The maximum Gasteiger partial charge on any atom is 0.364 e. The summed E-state index contributed by atoms with van der Waals surface area (Å²) < 4.78 is 23.6. The Balaban J connectivity index is 1.42. The number of hydrazine groups is 1. The van der Waals surface area contributed by atoms with Gasteiger partial charge in [-0.1, -0.05) is 0 Å². The number of amides is 8. The lowest BCUT2D eigenvalue weighted by Gasteiger charge is -2.48. The highest BCUT2D eigenvalue weighted by Crippen LogP contribution is 2.35. The van der Waals surface area contributed by atoms with E-state index < -0.39 is 188 Å². The van der Waals surface area contributed by atoms with Crippen molar-refractivity contribution in [2.75, 3.05) is 32.8 Å². The van der Waals surface area contributed by atoms with E-state index in [9.17, 15) is 88.8 Å². The molecule has 0 saturated carbocycles. The van der Waals surface area contributed by atoms with Gasteiger partial charge in [-0.25, -0.2) is 14.6 Å². The Morgan fingerprint density at radius 3 is 1.84 bits per heavy atom. The van der Waals surface area contributed by atoms with E-state index in [4.69, 9.17) is 18.9 Å².